The van der Waals surface area contributed by atoms with Crippen molar-refractivity contribution in [2.75, 3.05) is 13.1 Å². The minimum Gasteiger partial charge on any atom is -0.322 e. The summed E-state index contributed by atoms with van der Waals surface area (Å²) < 4.78 is 0. The minimum absolute atomic E-state index is 0.102. The number of hydrogen-bond acceptors (Lipinski definition) is 5. The van der Waals surface area contributed by atoms with E-state index in [0.717, 1.165) is 30.6 Å². The Morgan fingerprint density at radius 1 is 1.19 bits per heavy atom. The van der Waals surface area contributed by atoms with Gasteiger partial charge in [0.2, 0.25) is 11.8 Å². The Kier molecular flexibility index (Phi) is 5.22. The van der Waals surface area contributed by atoms with Gasteiger partial charge in [0.25, 0.3) is 5.91 Å². The largest absolute Gasteiger partial charge is 0.322 e. The molecule has 2 saturated heterocycles. The lowest BCUT2D eigenvalue weighted by atomic mass is 10.0. The number of rotatable bonds is 6. The highest BCUT2D eigenvalue weighted by Crippen LogP contribution is 2.29. The number of benzene rings is 1. The van der Waals surface area contributed by atoms with Gasteiger partial charge in [0.15, 0.2) is 0 Å². The van der Waals surface area contributed by atoms with Crippen molar-refractivity contribution in [2.24, 2.45) is 0 Å². The smallest absolute Gasteiger partial charge is 0.255 e. The van der Waals surface area contributed by atoms with Crippen molar-refractivity contribution in [2.45, 2.75) is 57.3 Å². The molecule has 0 saturated carbocycles. The van der Waals surface area contributed by atoms with Crippen LogP contribution in [0.25, 0.3) is 0 Å². The Hall–Kier alpha value is -2.25. The maximum atomic E-state index is 13.0. The highest BCUT2D eigenvalue weighted by molar-refractivity contribution is 6.05. The van der Waals surface area contributed by atoms with Gasteiger partial charge in [0.1, 0.15) is 6.04 Å². The zero-order valence-electron chi connectivity index (χ0n) is 15.4. The van der Waals surface area contributed by atoms with Gasteiger partial charge in [-0.3, -0.25) is 19.7 Å². The second-order valence-corrected chi connectivity index (χ2v) is 7.61. The molecule has 0 aliphatic carbocycles. The third kappa shape index (κ3) is 3.75. The summed E-state index contributed by atoms with van der Waals surface area (Å²) in [5, 5.41) is 9.29. The van der Waals surface area contributed by atoms with Crippen molar-refractivity contribution >= 4 is 17.7 Å². The first kappa shape index (κ1) is 18.1. The molecule has 27 heavy (non-hydrogen) atoms. The molecule has 3 aliphatic heterocycles. The van der Waals surface area contributed by atoms with E-state index in [0.29, 0.717) is 31.1 Å². The number of carbonyl (C=O) groups is 3. The molecule has 0 radical (unpaired) electrons. The number of imide groups is 1. The predicted octanol–water partition coefficient (Wildman–Crippen LogP) is 0.679. The fourth-order valence-corrected chi connectivity index (χ4v) is 4.34. The summed E-state index contributed by atoms with van der Waals surface area (Å²) in [5.74, 6) is -0.729. The quantitative estimate of drug-likeness (QED) is 0.506. The Bertz CT molecular complexity index is 758. The van der Waals surface area contributed by atoms with Gasteiger partial charge in [0.05, 0.1) is 0 Å². The zero-order chi connectivity index (χ0) is 18.8. The van der Waals surface area contributed by atoms with Gasteiger partial charge in [-0.25, -0.2) is 0 Å². The van der Waals surface area contributed by atoms with Crippen LogP contribution in [-0.2, 0) is 22.7 Å². The van der Waals surface area contributed by atoms with Gasteiger partial charge in [-0.15, -0.1) is 0 Å². The van der Waals surface area contributed by atoms with Crippen LogP contribution in [-0.4, -0.2) is 47.8 Å². The summed E-state index contributed by atoms with van der Waals surface area (Å²) >= 11 is 0. The SMILES string of the molecule is O=C1CCC(N2Cc3cccc(CNCC[C@@H]4CCCN4)c3C2=O)C(=O)N1. The average Bonchev–Trinajstić information content (AvgIpc) is 3.28. The van der Waals surface area contributed by atoms with Crippen LogP contribution in [0.3, 0.4) is 0 Å². The second kappa shape index (κ2) is 7.78. The second-order valence-electron chi connectivity index (χ2n) is 7.61. The van der Waals surface area contributed by atoms with Crippen LogP contribution in [0.4, 0.5) is 0 Å². The summed E-state index contributed by atoms with van der Waals surface area (Å²) in [6.45, 7) is 3.10. The van der Waals surface area contributed by atoms with Gasteiger partial charge in [0, 0.05) is 31.1 Å². The van der Waals surface area contributed by atoms with Crippen LogP contribution in [0.2, 0.25) is 0 Å². The molecule has 7 heteroatoms. The molecular weight excluding hydrogens is 344 g/mol. The van der Waals surface area contributed by atoms with Crippen molar-refractivity contribution in [3.05, 3.63) is 34.9 Å². The molecule has 3 aliphatic rings. The molecule has 3 amide bonds. The van der Waals surface area contributed by atoms with Gasteiger partial charge in [-0.2, -0.15) is 0 Å². The summed E-state index contributed by atoms with van der Waals surface area (Å²) in [4.78, 5) is 38.2. The number of amides is 3. The normalized spacial score (nSPS) is 25.0. The average molecular weight is 370 g/mol. The van der Waals surface area contributed by atoms with Gasteiger partial charge < -0.3 is 15.5 Å². The van der Waals surface area contributed by atoms with Crippen molar-refractivity contribution in [3.8, 4) is 0 Å². The van der Waals surface area contributed by atoms with Crippen LogP contribution in [0.15, 0.2) is 18.2 Å². The van der Waals surface area contributed by atoms with Gasteiger partial charge in [-0.1, -0.05) is 18.2 Å². The standard InChI is InChI=1S/C20H26N4O3/c25-17-7-6-16(19(26)23-17)24-12-14-4-1-3-13(18(14)20(24)27)11-21-10-8-15-5-2-9-22-15/h1,3-4,15-16,21-22H,2,5-12H2,(H,23,25,26)/t15-,16?/m0/s1. The Morgan fingerprint density at radius 3 is 2.85 bits per heavy atom. The minimum atomic E-state index is -0.558. The molecule has 7 nitrogen and oxygen atoms in total. The molecule has 3 N–H and O–H groups in total. The van der Waals surface area contributed by atoms with E-state index in [1.807, 2.05) is 18.2 Å². The number of piperidine rings is 1. The molecule has 0 spiro atoms. The Morgan fingerprint density at radius 2 is 2.07 bits per heavy atom. The van der Waals surface area contributed by atoms with Gasteiger partial charge >= 0.3 is 0 Å². The van der Waals surface area contributed by atoms with E-state index < -0.39 is 6.04 Å². The van der Waals surface area contributed by atoms with Crippen molar-refractivity contribution in [1.29, 1.82) is 0 Å². The summed E-state index contributed by atoms with van der Waals surface area (Å²) in [5.41, 5.74) is 2.65. The van der Waals surface area contributed by atoms with Gasteiger partial charge in [-0.05, 0) is 49.9 Å². The molecule has 0 aromatic heterocycles. The lowest BCUT2D eigenvalue weighted by Crippen LogP contribution is -2.52. The van der Waals surface area contributed by atoms with Crippen LogP contribution < -0.4 is 16.0 Å². The van der Waals surface area contributed by atoms with E-state index in [2.05, 4.69) is 16.0 Å². The third-order valence-electron chi connectivity index (χ3n) is 5.79. The lowest BCUT2D eigenvalue weighted by molar-refractivity contribution is -0.136. The Labute approximate surface area is 158 Å². The molecule has 2 fully saturated rings. The number of fused-ring (bicyclic) bond motifs is 1. The topological polar surface area (TPSA) is 90.5 Å². The first-order valence-electron chi connectivity index (χ1n) is 9.83. The maximum absolute atomic E-state index is 13.0. The molecule has 1 unspecified atom stereocenters. The fraction of sp³-hybridized carbons (Fsp3) is 0.550. The van der Waals surface area contributed by atoms with E-state index in [-0.39, 0.29) is 24.1 Å². The van der Waals surface area contributed by atoms with Crippen LogP contribution in [0, 0.1) is 0 Å². The Balaban J connectivity index is 1.40. The molecule has 144 valence electrons. The molecule has 1 aromatic rings. The summed E-state index contributed by atoms with van der Waals surface area (Å²) in [6, 6.07) is 5.94. The van der Waals surface area contributed by atoms with Crippen LogP contribution >= 0.6 is 0 Å². The number of hydrogen-bond donors (Lipinski definition) is 3. The molecule has 4 rings (SSSR count). The zero-order valence-corrected chi connectivity index (χ0v) is 15.4. The maximum Gasteiger partial charge on any atom is 0.255 e. The predicted molar refractivity (Wildman–Crippen MR) is 99.8 cm³/mol. The lowest BCUT2D eigenvalue weighted by Gasteiger charge is -2.29. The molecule has 3 heterocycles. The van der Waals surface area contributed by atoms with E-state index in [4.69, 9.17) is 0 Å². The number of carbonyl (C=O) groups excluding carboxylic acids is 3. The number of nitrogens with zero attached hydrogens (tertiary/aromatic N) is 1. The molecule has 1 aromatic carbocycles. The van der Waals surface area contributed by atoms with E-state index in [1.165, 1.54) is 12.8 Å². The molecule has 2 atom stereocenters. The monoisotopic (exact) mass is 370 g/mol. The fourth-order valence-electron chi connectivity index (χ4n) is 4.34. The first-order valence-corrected chi connectivity index (χ1v) is 9.83. The molecule has 0 bridgehead atoms. The van der Waals surface area contributed by atoms with Crippen molar-refractivity contribution in [3.63, 3.8) is 0 Å². The molecular formula is C20H26N4O3. The van der Waals surface area contributed by atoms with Crippen LogP contribution in [0.1, 0.15) is 53.6 Å². The first-order chi connectivity index (χ1) is 13.1. The highest BCUT2D eigenvalue weighted by atomic mass is 16.2. The third-order valence-corrected chi connectivity index (χ3v) is 5.79. The summed E-state index contributed by atoms with van der Waals surface area (Å²) in [6.07, 6.45) is 4.25. The van der Waals surface area contributed by atoms with Crippen LogP contribution in [0.5, 0.6) is 0 Å². The van der Waals surface area contributed by atoms with Crippen molar-refractivity contribution < 1.29 is 14.4 Å². The van der Waals surface area contributed by atoms with E-state index in [9.17, 15) is 14.4 Å². The summed E-state index contributed by atoms with van der Waals surface area (Å²) in [7, 11) is 0. The highest BCUT2D eigenvalue weighted by Gasteiger charge is 2.39. The van der Waals surface area contributed by atoms with Crippen molar-refractivity contribution in [1.82, 2.24) is 20.9 Å². The van der Waals surface area contributed by atoms with E-state index in [1.54, 1.807) is 4.90 Å². The van der Waals surface area contributed by atoms with E-state index >= 15 is 0 Å². The number of nitrogens with one attached hydrogen (secondary N) is 3.